The number of nitrogens with zero attached hydrogens (tertiary/aromatic N) is 4. The van der Waals surface area contributed by atoms with Crippen molar-refractivity contribution in [2.24, 2.45) is 7.05 Å². The number of carbonyl (C=O) groups excluding carboxylic acids is 1. The van der Waals surface area contributed by atoms with Gasteiger partial charge in [-0.1, -0.05) is 0 Å². The highest BCUT2D eigenvalue weighted by atomic mass is 16.4. The number of carbonyl (C=O) groups is 2. The normalized spacial score (nSPS) is 10.5. The summed E-state index contributed by atoms with van der Waals surface area (Å²) >= 11 is 0. The van der Waals surface area contributed by atoms with Gasteiger partial charge in [0.25, 0.3) is 5.91 Å². The Labute approximate surface area is 115 Å². The summed E-state index contributed by atoms with van der Waals surface area (Å²) in [6, 6.07) is 1.54. The second-order valence-electron chi connectivity index (χ2n) is 4.33. The van der Waals surface area contributed by atoms with Crippen LogP contribution in [0.15, 0.2) is 18.5 Å². The molecule has 0 aliphatic heterocycles. The summed E-state index contributed by atoms with van der Waals surface area (Å²) in [5, 5.41) is 19.4. The molecule has 0 atom stereocenters. The van der Waals surface area contributed by atoms with Crippen molar-refractivity contribution in [2.75, 3.05) is 5.32 Å². The van der Waals surface area contributed by atoms with Crippen LogP contribution in [-0.4, -0.2) is 36.5 Å². The predicted molar refractivity (Wildman–Crippen MR) is 70.4 cm³/mol. The molecule has 8 nitrogen and oxygen atoms in total. The molecule has 2 N–H and O–H groups in total. The van der Waals surface area contributed by atoms with Gasteiger partial charge < -0.3 is 10.4 Å². The van der Waals surface area contributed by atoms with Gasteiger partial charge in [-0.3, -0.25) is 19.0 Å². The van der Waals surface area contributed by atoms with Gasteiger partial charge in [0, 0.05) is 13.2 Å². The lowest BCUT2D eigenvalue weighted by Crippen LogP contribution is -2.14. The van der Waals surface area contributed by atoms with E-state index in [-0.39, 0.29) is 24.6 Å². The zero-order valence-electron chi connectivity index (χ0n) is 11.2. The van der Waals surface area contributed by atoms with Crippen LogP contribution in [0.3, 0.4) is 0 Å². The molecule has 0 bridgehead atoms. The molecule has 0 unspecified atom stereocenters. The fourth-order valence-corrected chi connectivity index (χ4v) is 1.63. The standard InChI is InChI=1S/C12H15N5O3/c1-8-10(7-13-16(8)2)14-12(20)9-3-5-17(15-9)6-4-11(18)19/h3,5,7H,4,6H2,1-2H3,(H,14,20)(H,18,19). The molecule has 0 aliphatic rings. The van der Waals surface area contributed by atoms with Crippen LogP contribution in [0.1, 0.15) is 22.6 Å². The van der Waals surface area contributed by atoms with Crippen molar-refractivity contribution < 1.29 is 14.7 Å². The topological polar surface area (TPSA) is 102 Å². The Kier molecular flexibility index (Phi) is 3.83. The average Bonchev–Trinajstić information content (AvgIpc) is 2.98. The van der Waals surface area contributed by atoms with Crippen LogP contribution in [0.2, 0.25) is 0 Å². The highest BCUT2D eigenvalue weighted by molar-refractivity contribution is 6.03. The second-order valence-corrected chi connectivity index (χ2v) is 4.33. The number of hydrogen-bond acceptors (Lipinski definition) is 4. The number of amides is 1. The van der Waals surface area contributed by atoms with Crippen molar-refractivity contribution in [3.63, 3.8) is 0 Å². The molecule has 2 heterocycles. The first kappa shape index (κ1) is 13.8. The van der Waals surface area contributed by atoms with E-state index in [2.05, 4.69) is 15.5 Å². The molecule has 0 saturated heterocycles. The van der Waals surface area contributed by atoms with Gasteiger partial charge in [0.2, 0.25) is 0 Å². The monoisotopic (exact) mass is 277 g/mol. The van der Waals surface area contributed by atoms with Gasteiger partial charge in [-0.2, -0.15) is 10.2 Å². The summed E-state index contributed by atoms with van der Waals surface area (Å²) in [6.07, 6.45) is 3.10. The minimum Gasteiger partial charge on any atom is -0.481 e. The van der Waals surface area contributed by atoms with Crippen molar-refractivity contribution >= 4 is 17.6 Å². The molecule has 2 rings (SSSR count). The molecular weight excluding hydrogens is 262 g/mol. The van der Waals surface area contributed by atoms with Gasteiger partial charge >= 0.3 is 5.97 Å². The molecule has 20 heavy (non-hydrogen) atoms. The Hall–Kier alpha value is -2.64. The zero-order valence-corrected chi connectivity index (χ0v) is 11.2. The predicted octanol–water partition coefficient (Wildman–Crippen LogP) is 0.652. The van der Waals surface area contributed by atoms with Crippen LogP contribution >= 0.6 is 0 Å². The van der Waals surface area contributed by atoms with E-state index in [4.69, 9.17) is 5.11 Å². The van der Waals surface area contributed by atoms with Crippen LogP contribution in [0.5, 0.6) is 0 Å². The molecule has 2 aromatic heterocycles. The number of rotatable bonds is 5. The smallest absolute Gasteiger partial charge is 0.305 e. The molecule has 0 saturated carbocycles. The zero-order chi connectivity index (χ0) is 14.7. The summed E-state index contributed by atoms with van der Waals surface area (Å²) in [4.78, 5) is 22.5. The third-order valence-electron chi connectivity index (χ3n) is 2.91. The molecule has 0 radical (unpaired) electrons. The Bertz CT molecular complexity index is 643. The second kappa shape index (κ2) is 5.55. The summed E-state index contributed by atoms with van der Waals surface area (Å²) in [5.74, 6) is -1.26. The Morgan fingerprint density at radius 3 is 2.80 bits per heavy atom. The van der Waals surface area contributed by atoms with E-state index in [0.717, 1.165) is 5.69 Å². The van der Waals surface area contributed by atoms with Crippen LogP contribution in [0, 0.1) is 6.92 Å². The average molecular weight is 277 g/mol. The fourth-order valence-electron chi connectivity index (χ4n) is 1.63. The van der Waals surface area contributed by atoms with E-state index in [9.17, 15) is 9.59 Å². The SMILES string of the molecule is Cc1c(NC(=O)c2ccn(CCC(=O)O)n2)cnn1C. The molecule has 1 amide bonds. The van der Waals surface area contributed by atoms with Crippen LogP contribution in [0.4, 0.5) is 5.69 Å². The summed E-state index contributed by atoms with van der Waals surface area (Å²) in [5.41, 5.74) is 1.69. The molecule has 0 aromatic carbocycles. The lowest BCUT2D eigenvalue weighted by atomic mass is 10.3. The number of aliphatic carboxylic acids is 1. The molecule has 0 spiro atoms. The van der Waals surface area contributed by atoms with Crippen molar-refractivity contribution in [2.45, 2.75) is 19.9 Å². The van der Waals surface area contributed by atoms with Gasteiger partial charge in [-0.05, 0) is 13.0 Å². The lowest BCUT2D eigenvalue weighted by Gasteiger charge is -2.02. The summed E-state index contributed by atoms with van der Waals surface area (Å²) in [6.45, 7) is 2.07. The van der Waals surface area contributed by atoms with Gasteiger partial charge in [0.15, 0.2) is 5.69 Å². The third-order valence-corrected chi connectivity index (χ3v) is 2.91. The molecule has 8 heteroatoms. The van der Waals surface area contributed by atoms with E-state index < -0.39 is 5.97 Å². The Morgan fingerprint density at radius 1 is 1.45 bits per heavy atom. The van der Waals surface area contributed by atoms with Gasteiger partial charge in [0.05, 0.1) is 30.5 Å². The van der Waals surface area contributed by atoms with Gasteiger partial charge in [0.1, 0.15) is 0 Å². The largest absolute Gasteiger partial charge is 0.481 e. The molecule has 0 aliphatic carbocycles. The van der Waals surface area contributed by atoms with Crippen molar-refractivity contribution in [3.8, 4) is 0 Å². The molecular formula is C12H15N5O3. The van der Waals surface area contributed by atoms with Crippen molar-refractivity contribution in [3.05, 3.63) is 29.8 Å². The quantitative estimate of drug-likeness (QED) is 0.835. The van der Waals surface area contributed by atoms with Crippen LogP contribution in [-0.2, 0) is 18.4 Å². The number of aryl methyl sites for hydroxylation is 2. The van der Waals surface area contributed by atoms with E-state index in [0.29, 0.717) is 5.69 Å². The minimum absolute atomic E-state index is 0.0372. The number of aromatic nitrogens is 4. The van der Waals surface area contributed by atoms with E-state index in [1.165, 1.54) is 4.68 Å². The minimum atomic E-state index is -0.905. The first-order valence-corrected chi connectivity index (χ1v) is 6.02. The highest BCUT2D eigenvalue weighted by Crippen LogP contribution is 2.13. The number of carboxylic acids is 1. The van der Waals surface area contributed by atoms with E-state index >= 15 is 0 Å². The van der Waals surface area contributed by atoms with E-state index in [1.54, 1.807) is 30.2 Å². The van der Waals surface area contributed by atoms with Crippen LogP contribution in [0.25, 0.3) is 0 Å². The Balaban J connectivity index is 2.02. The van der Waals surface area contributed by atoms with Crippen molar-refractivity contribution in [1.82, 2.24) is 19.6 Å². The van der Waals surface area contributed by atoms with Crippen molar-refractivity contribution in [1.29, 1.82) is 0 Å². The molecule has 2 aromatic rings. The maximum absolute atomic E-state index is 12.0. The maximum atomic E-state index is 12.0. The van der Waals surface area contributed by atoms with Gasteiger partial charge in [-0.15, -0.1) is 0 Å². The maximum Gasteiger partial charge on any atom is 0.305 e. The number of nitrogens with one attached hydrogen (secondary N) is 1. The summed E-state index contributed by atoms with van der Waals surface area (Å²) < 4.78 is 3.08. The first-order valence-electron chi connectivity index (χ1n) is 6.02. The fraction of sp³-hybridized carbons (Fsp3) is 0.333. The first-order chi connectivity index (χ1) is 9.47. The lowest BCUT2D eigenvalue weighted by molar-refractivity contribution is -0.137. The van der Waals surface area contributed by atoms with E-state index in [1.807, 2.05) is 6.92 Å². The van der Waals surface area contributed by atoms with Crippen LogP contribution < -0.4 is 5.32 Å². The Morgan fingerprint density at radius 2 is 2.20 bits per heavy atom. The number of hydrogen-bond donors (Lipinski definition) is 2. The van der Waals surface area contributed by atoms with Gasteiger partial charge in [-0.25, -0.2) is 0 Å². The number of anilines is 1. The molecule has 0 fully saturated rings. The highest BCUT2D eigenvalue weighted by Gasteiger charge is 2.13. The molecule has 106 valence electrons. The number of carboxylic acid groups (broad SMARTS) is 1. The third kappa shape index (κ3) is 3.02. The summed E-state index contributed by atoms with van der Waals surface area (Å²) in [7, 11) is 1.78.